The Balaban J connectivity index is 2.18. The Labute approximate surface area is 143 Å². The summed E-state index contributed by atoms with van der Waals surface area (Å²) >= 11 is 0. The largest absolute Gasteiger partial charge is 0.378 e. The molecule has 0 aliphatic carbocycles. The van der Waals surface area contributed by atoms with Gasteiger partial charge in [-0.25, -0.2) is 0 Å². The third kappa shape index (κ3) is 4.96. The molecule has 0 saturated carbocycles. The molecule has 0 atom stereocenters. The van der Waals surface area contributed by atoms with Crippen LogP contribution in [0.15, 0.2) is 24.3 Å². The first-order chi connectivity index (χ1) is 11.5. The minimum absolute atomic E-state index is 0.0312. The fourth-order valence-electron chi connectivity index (χ4n) is 2.65. The van der Waals surface area contributed by atoms with E-state index in [0.717, 1.165) is 24.5 Å². The van der Waals surface area contributed by atoms with Crippen molar-refractivity contribution in [1.82, 2.24) is 5.32 Å². The van der Waals surface area contributed by atoms with E-state index in [4.69, 9.17) is 4.74 Å². The van der Waals surface area contributed by atoms with Crippen LogP contribution in [0.2, 0.25) is 0 Å². The first-order valence-electron chi connectivity index (χ1n) is 8.45. The highest BCUT2D eigenvalue weighted by Gasteiger charge is 2.22. The van der Waals surface area contributed by atoms with Gasteiger partial charge in [0.05, 0.1) is 24.6 Å². The zero-order valence-electron chi connectivity index (χ0n) is 14.7. The van der Waals surface area contributed by atoms with E-state index < -0.39 is 0 Å². The Morgan fingerprint density at radius 3 is 2.54 bits per heavy atom. The minimum Gasteiger partial charge on any atom is -0.378 e. The molecule has 1 aromatic rings. The number of carbonyl (C=O) groups is 2. The predicted octanol–water partition coefficient (Wildman–Crippen LogP) is 1.65. The van der Waals surface area contributed by atoms with Crippen LogP contribution in [0.1, 0.15) is 20.8 Å². The Morgan fingerprint density at radius 2 is 1.92 bits per heavy atom. The molecule has 1 heterocycles. The summed E-state index contributed by atoms with van der Waals surface area (Å²) in [6.07, 6.45) is 0. The van der Waals surface area contributed by atoms with Crippen molar-refractivity contribution >= 4 is 23.2 Å². The van der Waals surface area contributed by atoms with Crippen LogP contribution in [0.4, 0.5) is 11.4 Å². The van der Waals surface area contributed by atoms with Gasteiger partial charge < -0.3 is 19.9 Å². The first-order valence-corrected chi connectivity index (χ1v) is 8.45. The van der Waals surface area contributed by atoms with E-state index >= 15 is 0 Å². The number of morpholine rings is 1. The average molecular weight is 333 g/mol. The fraction of sp³-hybridized carbons (Fsp3) is 0.556. The molecule has 1 aromatic carbocycles. The second-order valence-electron chi connectivity index (χ2n) is 6.39. The fourth-order valence-corrected chi connectivity index (χ4v) is 2.65. The van der Waals surface area contributed by atoms with E-state index in [1.807, 2.05) is 38.1 Å². The van der Waals surface area contributed by atoms with E-state index in [2.05, 4.69) is 10.2 Å². The Morgan fingerprint density at radius 1 is 1.25 bits per heavy atom. The van der Waals surface area contributed by atoms with Crippen LogP contribution in [0, 0.1) is 5.92 Å². The maximum atomic E-state index is 12.2. The highest BCUT2D eigenvalue weighted by Crippen LogP contribution is 2.30. The Bertz CT molecular complexity index is 568. The molecular weight excluding hydrogens is 306 g/mol. The lowest BCUT2D eigenvalue weighted by molar-refractivity contribution is -0.123. The zero-order chi connectivity index (χ0) is 17.5. The van der Waals surface area contributed by atoms with E-state index in [1.165, 1.54) is 6.92 Å². The summed E-state index contributed by atoms with van der Waals surface area (Å²) in [6.45, 7) is 9.11. The second-order valence-corrected chi connectivity index (χ2v) is 6.39. The van der Waals surface area contributed by atoms with Gasteiger partial charge in [0.1, 0.15) is 6.54 Å². The number of para-hydroxylation sites is 2. The molecule has 1 saturated heterocycles. The summed E-state index contributed by atoms with van der Waals surface area (Å²) in [7, 11) is 0. The average Bonchev–Trinajstić information content (AvgIpc) is 2.58. The Hall–Kier alpha value is -2.08. The molecule has 6 nitrogen and oxygen atoms in total. The van der Waals surface area contributed by atoms with Gasteiger partial charge in [0.15, 0.2) is 0 Å². The number of amides is 2. The highest BCUT2D eigenvalue weighted by molar-refractivity contribution is 6.00. The smallest absolute Gasteiger partial charge is 0.240 e. The van der Waals surface area contributed by atoms with Crippen molar-refractivity contribution in [3.05, 3.63) is 24.3 Å². The molecule has 1 aliphatic heterocycles. The maximum absolute atomic E-state index is 12.2. The number of hydrogen-bond donors (Lipinski definition) is 1. The van der Waals surface area contributed by atoms with Crippen molar-refractivity contribution < 1.29 is 14.3 Å². The van der Waals surface area contributed by atoms with Gasteiger partial charge in [-0.1, -0.05) is 26.0 Å². The summed E-state index contributed by atoms with van der Waals surface area (Å²) in [5, 5.41) is 2.87. The molecule has 1 N–H and O–H groups in total. The molecule has 24 heavy (non-hydrogen) atoms. The van der Waals surface area contributed by atoms with Crippen molar-refractivity contribution in [2.24, 2.45) is 5.92 Å². The van der Waals surface area contributed by atoms with Crippen molar-refractivity contribution in [3.63, 3.8) is 0 Å². The normalized spacial score (nSPS) is 14.6. The molecule has 132 valence electrons. The summed E-state index contributed by atoms with van der Waals surface area (Å²) in [6, 6.07) is 7.72. The van der Waals surface area contributed by atoms with Gasteiger partial charge in [-0.05, 0) is 18.1 Å². The summed E-state index contributed by atoms with van der Waals surface area (Å²) in [5.74, 6) is 0.0893. The topological polar surface area (TPSA) is 61.9 Å². The molecule has 6 heteroatoms. The van der Waals surface area contributed by atoms with Gasteiger partial charge in [-0.2, -0.15) is 0 Å². The molecule has 0 radical (unpaired) electrons. The number of nitrogens with one attached hydrogen (secondary N) is 1. The lowest BCUT2D eigenvalue weighted by Gasteiger charge is -2.33. The maximum Gasteiger partial charge on any atom is 0.240 e. The van der Waals surface area contributed by atoms with Crippen molar-refractivity contribution in [1.29, 1.82) is 0 Å². The number of carbonyl (C=O) groups excluding carboxylic acids is 2. The number of nitrogens with zero attached hydrogens (tertiary/aromatic N) is 2. The van der Waals surface area contributed by atoms with Crippen LogP contribution >= 0.6 is 0 Å². The molecule has 2 rings (SSSR count). The Kier molecular flexibility index (Phi) is 6.61. The quantitative estimate of drug-likeness (QED) is 0.860. The monoisotopic (exact) mass is 333 g/mol. The van der Waals surface area contributed by atoms with Crippen LogP contribution in [0.25, 0.3) is 0 Å². The van der Waals surface area contributed by atoms with Crippen LogP contribution in [-0.2, 0) is 14.3 Å². The van der Waals surface area contributed by atoms with Gasteiger partial charge in [0.25, 0.3) is 0 Å². The lowest BCUT2D eigenvalue weighted by atomic mass is 10.2. The summed E-state index contributed by atoms with van der Waals surface area (Å²) in [5.41, 5.74) is 1.74. The number of ether oxygens (including phenoxy) is 1. The second kappa shape index (κ2) is 8.68. The summed E-state index contributed by atoms with van der Waals surface area (Å²) in [4.78, 5) is 28.1. The highest BCUT2D eigenvalue weighted by atomic mass is 16.5. The van der Waals surface area contributed by atoms with E-state index in [1.54, 1.807) is 4.90 Å². The van der Waals surface area contributed by atoms with Gasteiger partial charge in [-0.3, -0.25) is 9.59 Å². The third-order valence-corrected chi connectivity index (χ3v) is 3.91. The van der Waals surface area contributed by atoms with Crippen LogP contribution in [0.5, 0.6) is 0 Å². The van der Waals surface area contributed by atoms with Crippen molar-refractivity contribution in [2.75, 3.05) is 49.2 Å². The zero-order valence-corrected chi connectivity index (χ0v) is 14.7. The van der Waals surface area contributed by atoms with Crippen LogP contribution < -0.4 is 15.1 Å². The van der Waals surface area contributed by atoms with Gasteiger partial charge >= 0.3 is 0 Å². The van der Waals surface area contributed by atoms with Gasteiger partial charge in [0.2, 0.25) is 11.8 Å². The van der Waals surface area contributed by atoms with Gasteiger partial charge in [0, 0.05) is 26.6 Å². The third-order valence-electron chi connectivity index (χ3n) is 3.91. The van der Waals surface area contributed by atoms with Crippen molar-refractivity contribution in [3.8, 4) is 0 Å². The molecule has 0 unspecified atom stereocenters. The standard InChI is InChI=1S/C18H27N3O3/c1-14(2)12-19-18(23)13-21(15(3)22)17-7-5-4-6-16(17)20-8-10-24-11-9-20/h4-7,14H,8-13H2,1-3H3,(H,19,23). The molecular formula is C18H27N3O3. The number of rotatable bonds is 6. The van der Waals surface area contributed by atoms with E-state index in [0.29, 0.717) is 25.7 Å². The molecule has 2 amide bonds. The number of hydrogen-bond acceptors (Lipinski definition) is 4. The molecule has 1 aliphatic rings. The minimum atomic E-state index is -0.143. The molecule has 1 fully saturated rings. The molecule has 0 bridgehead atoms. The molecule has 0 spiro atoms. The number of anilines is 2. The first kappa shape index (κ1) is 18.3. The SMILES string of the molecule is CC(=O)N(CC(=O)NCC(C)C)c1ccccc1N1CCOCC1. The van der Waals surface area contributed by atoms with E-state index in [9.17, 15) is 9.59 Å². The number of benzene rings is 1. The lowest BCUT2D eigenvalue weighted by Crippen LogP contribution is -2.42. The van der Waals surface area contributed by atoms with E-state index in [-0.39, 0.29) is 18.4 Å². The van der Waals surface area contributed by atoms with Crippen LogP contribution in [-0.4, -0.2) is 51.2 Å². The van der Waals surface area contributed by atoms with Crippen LogP contribution in [0.3, 0.4) is 0 Å². The summed E-state index contributed by atoms with van der Waals surface area (Å²) < 4.78 is 5.40. The predicted molar refractivity (Wildman–Crippen MR) is 95.3 cm³/mol. The molecule has 0 aromatic heterocycles. The van der Waals surface area contributed by atoms with Crippen molar-refractivity contribution in [2.45, 2.75) is 20.8 Å². The van der Waals surface area contributed by atoms with Gasteiger partial charge in [-0.15, -0.1) is 0 Å².